The number of amides is 2. The molecule has 0 radical (unpaired) electrons. The first-order chi connectivity index (χ1) is 13.6. The van der Waals surface area contributed by atoms with Gasteiger partial charge in [0.05, 0.1) is 6.54 Å². The summed E-state index contributed by atoms with van der Waals surface area (Å²) < 4.78 is 7.98. The molecule has 3 aromatic rings. The van der Waals surface area contributed by atoms with Gasteiger partial charge >= 0.3 is 0 Å². The molecular formula is C22H25N3O3. The van der Waals surface area contributed by atoms with Crippen LogP contribution in [0.1, 0.15) is 36.1 Å². The topological polar surface area (TPSA) is 67.5 Å². The van der Waals surface area contributed by atoms with Gasteiger partial charge in [0.15, 0.2) is 5.76 Å². The number of para-hydroxylation sites is 1. The molecule has 1 saturated heterocycles. The van der Waals surface area contributed by atoms with E-state index in [9.17, 15) is 9.59 Å². The molecule has 3 heterocycles. The summed E-state index contributed by atoms with van der Waals surface area (Å²) in [4.78, 5) is 25.6. The number of rotatable bonds is 5. The largest absolute Gasteiger partial charge is 0.454 e. The summed E-state index contributed by atoms with van der Waals surface area (Å²) in [5.74, 6) is 1.54. The number of furan rings is 1. The Balaban J connectivity index is 1.36. The van der Waals surface area contributed by atoms with Crippen LogP contribution in [0.25, 0.3) is 10.9 Å². The lowest BCUT2D eigenvalue weighted by molar-refractivity contribution is -0.119. The molecule has 1 aromatic carbocycles. The van der Waals surface area contributed by atoms with Crippen LogP contribution in [0.15, 0.2) is 53.1 Å². The summed E-state index contributed by atoms with van der Waals surface area (Å²) >= 11 is 0. The number of hydrogen-bond donors (Lipinski definition) is 1. The van der Waals surface area contributed by atoms with Gasteiger partial charge in [0.1, 0.15) is 5.76 Å². The molecule has 0 saturated carbocycles. The van der Waals surface area contributed by atoms with Gasteiger partial charge in [-0.15, -0.1) is 0 Å². The first-order valence-electron chi connectivity index (χ1n) is 9.76. The van der Waals surface area contributed by atoms with Crippen molar-refractivity contribution in [3.8, 4) is 0 Å². The Kier molecular flexibility index (Phi) is 5.19. The van der Waals surface area contributed by atoms with Crippen LogP contribution in [0.3, 0.4) is 0 Å². The Morgan fingerprint density at radius 3 is 2.68 bits per heavy atom. The van der Waals surface area contributed by atoms with E-state index >= 15 is 0 Å². The van der Waals surface area contributed by atoms with Crippen molar-refractivity contribution < 1.29 is 14.0 Å². The second-order valence-corrected chi connectivity index (χ2v) is 7.44. The maximum atomic E-state index is 12.8. The Morgan fingerprint density at radius 2 is 1.89 bits per heavy atom. The highest BCUT2D eigenvalue weighted by atomic mass is 16.4. The molecule has 1 aliphatic rings. The van der Waals surface area contributed by atoms with E-state index in [0.717, 1.165) is 24.1 Å². The van der Waals surface area contributed by atoms with Crippen molar-refractivity contribution in [2.45, 2.75) is 26.3 Å². The fourth-order valence-electron chi connectivity index (χ4n) is 3.81. The van der Waals surface area contributed by atoms with E-state index in [1.54, 1.807) is 6.07 Å². The van der Waals surface area contributed by atoms with E-state index < -0.39 is 0 Å². The van der Waals surface area contributed by atoms with E-state index in [1.165, 1.54) is 12.3 Å². The van der Waals surface area contributed by atoms with E-state index in [4.69, 9.17) is 4.42 Å². The zero-order valence-electron chi connectivity index (χ0n) is 16.1. The van der Waals surface area contributed by atoms with Crippen LogP contribution in [0.4, 0.5) is 0 Å². The van der Waals surface area contributed by atoms with Crippen molar-refractivity contribution in [2.24, 2.45) is 5.92 Å². The molecule has 28 heavy (non-hydrogen) atoms. The number of aromatic nitrogens is 1. The van der Waals surface area contributed by atoms with Crippen LogP contribution < -0.4 is 5.32 Å². The average Bonchev–Trinajstić information content (AvgIpc) is 3.34. The van der Waals surface area contributed by atoms with Crippen molar-refractivity contribution in [1.82, 2.24) is 14.8 Å². The molecule has 0 bridgehead atoms. The lowest BCUT2D eigenvalue weighted by Crippen LogP contribution is -2.41. The number of nitrogens with one attached hydrogen (secondary N) is 1. The summed E-state index contributed by atoms with van der Waals surface area (Å²) in [6.45, 7) is 4.21. The van der Waals surface area contributed by atoms with Crippen molar-refractivity contribution in [1.29, 1.82) is 0 Å². The third-order valence-electron chi connectivity index (χ3n) is 5.42. The van der Waals surface area contributed by atoms with Gasteiger partial charge in [-0.25, -0.2) is 0 Å². The SMILES string of the molecule is CC(=O)NCC1CCN(C(=O)c2ccc(Cn3ccc4ccccc43)o2)CC1. The summed E-state index contributed by atoms with van der Waals surface area (Å²) in [5, 5.41) is 4.05. The van der Waals surface area contributed by atoms with Gasteiger partial charge in [0, 0.05) is 38.3 Å². The van der Waals surface area contributed by atoms with Gasteiger partial charge in [0.2, 0.25) is 5.91 Å². The molecular weight excluding hydrogens is 354 g/mol. The number of benzene rings is 1. The summed E-state index contributed by atoms with van der Waals surface area (Å²) in [6, 6.07) is 13.9. The van der Waals surface area contributed by atoms with Crippen molar-refractivity contribution >= 4 is 22.7 Å². The van der Waals surface area contributed by atoms with Crippen molar-refractivity contribution in [3.05, 3.63) is 60.2 Å². The van der Waals surface area contributed by atoms with Gasteiger partial charge in [-0.2, -0.15) is 0 Å². The summed E-state index contributed by atoms with van der Waals surface area (Å²) in [7, 11) is 0. The quantitative estimate of drug-likeness (QED) is 0.740. The Bertz CT molecular complexity index is 980. The number of nitrogens with zero attached hydrogens (tertiary/aromatic N) is 2. The highest BCUT2D eigenvalue weighted by molar-refractivity contribution is 5.91. The number of piperidine rings is 1. The van der Waals surface area contributed by atoms with Crippen molar-refractivity contribution in [2.75, 3.05) is 19.6 Å². The molecule has 0 spiro atoms. The zero-order valence-corrected chi connectivity index (χ0v) is 16.1. The number of fused-ring (bicyclic) bond motifs is 1. The number of carbonyl (C=O) groups is 2. The average molecular weight is 379 g/mol. The zero-order chi connectivity index (χ0) is 19.5. The highest BCUT2D eigenvalue weighted by Gasteiger charge is 2.25. The minimum Gasteiger partial charge on any atom is -0.454 e. The lowest BCUT2D eigenvalue weighted by atomic mass is 9.96. The molecule has 0 unspecified atom stereocenters. The Morgan fingerprint density at radius 1 is 1.11 bits per heavy atom. The van der Waals surface area contributed by atoms with Crippen LogP contribution >= 0.6 is 0 Å². The smallest absolute Gasteiger partial charge is 0.289 e. The predicted molar refractivity (Wildman–Crippen MR) is 107 cm³/mol. The molecule has 4 rings (SSSR count). The van der Waals surface area contributed by atoms with Gasteiger partial charge in [-0.3, -0.25) is 9.59 Å². The van der Waals surface area contributed by atoms with Crippen molar-refractivity contribution in [3.63, 3.8) is 0 Å². The van der Waals surface area contributed by atoms with Gasteiger partial charge in [-0.1, -0.05) is 18.2 Å². The molecule has 1 aliphatic heterocycles. The molecule has 0 atom stereocenters. The Labute approximate surface area is 164 Å². The molecule has 6 heteroatoms. The number of likely N-dealkylation sites (tertiary alicyclic amines) is 1. The third kappa shape index (κ3) is 3.96. The molecule has 2 amide bonds. The minimum absolute atomic E-state index is 0.00269. The fraction of sp³-hybridized carbons (Fsp3) is 0.364. The van der Waals surface area contributed by atoms with Gasteiger partial charge in [-0.05, 0) is 48.4 Å². The number of carbonyl (C=O) groups excluding carboxylic acids is 2. The van der Waals surface area contributed by atoms with Crippen LogP contribution in [-0.4, -0.2) is 40.9 Å². The fourth-order valence-corrected chi connectivity index (χ4v) is 3.81. The van der Waals surface area contributed by atoms with Crippen LogP contribution in [-0.2, 0) is 11.3 Å². The summed E-state index contributed by atoms with van der Waals surface area (Å²) in [5.41, 5.74) is 1.15. The Hall–Kier alpha value is -3.02. The van der Waals surface area contributed by atoms with E-state index in [1.807, 2.05) is 29.3 Å². The molecule has 0 aliphatic carbocycles. The maximum absolute atomic E-state index is 12.8. The lowest BCUT2D eigenvalue weighted by Gasteiger charge is -2.31. The van der Waals surface area contributed by atoms with Crippen LogP contribution in [0.5, 0.6) is 0 Å². The van der Waals surface area contributed by atoms with Crippen LogP contribution in [0, 0.1) is 5.92 Å². The second-order valence-electron chi connectivity index (χ2n) is 7.44. The second kappa shape index (κ2) is 7.92. The number of hydrogen-bond acceptors (Lipinski definition) is 3. The maximum Gasteiger partial charge on any atom is 0.289 e. The monoisotopic (exact) mass is 379 g/mol. The summed E-state index contributed by atoms with van der Waals surface area (Å²) in [6.07, 6.45) is 3.83. The molecule has 1 N–H and O–H groups in total. The normalized spacial score (nSPS) is 15.1. The third-order valence-corrected chi connectivity index (χ3v) is 5.42. The van der Waals surface area contributed by atoms with Gasteiger partial charge in [0.25, 0.3) is 5.91 Å². The standard InChI is InChI=1S/C22H25N3O3/c1-16(26)23-14-17-8-11-24(12-9-17)22(27)21-7-6-19(28-21)15-25-13-10-18-4-2-3-5-20(18)25/h2-7,10,13,17H,8-9,11-12,14-15H2,1H3,(H,23,26). The van der Waals surface area contributed by atoms with E-state index in [-0.39, 0.29) is 11.8 Å². The molecule has 146 valence electrons. The first-order valence-corrected chi connectivity index (χ1v) is 9.76. The minimum atomic E-state index is -0.0541. The molecule has 6 nitrogen and oxygen atoms in total. The highest BCUT2D eigenvalue weighted by Crippen LogP contribution is 2.21. The van der Waals surface area contributed by atoms with E-state index in [2.05, 4.69) is 28.1 Å². The molecule has 1 fully saturated rings. The van der Waals surface area contributed by atoms with Gasteiger partial charge < -0.3 is 19.2 Å². The molecule has 2 aromatic heterocycles. The predicted octanol–water partition coefficient (Wildman–Crippen LogP) is 3.27. The first kappa shape index (κ1) is 18.3. The van der Waals surface area contributed by atoms with E-state index in [0.29, 0.717) is 37.9 Å². The van der Waals surface area contributed by atoms with Crippen LogP contribution in [0.2, 0.25) is 0 Å².